The molecule has 0 bridgehead atoms. The Kier molecular flexibility index (Phi) is 12.9. The highest BCUT2D eigenvalue weighted by molar-refractivity contribution is 7.98. The van der Waals surface area contributed by atoms with Crippen molar-refractivity contribution in [2.45, 2.75) is 60.9 Å². The molecule has 3 aromatic carbocycles. The molecule has 0 fully saturated rings. The zero-order chi connectivity index (χ0) is 37.9. The number of carboxylic acid groups (broad SMARTS) is 1. The number of rotatable bonds is 16. The smallest absolute Gasteiger partial charge is 0.321 e. The van der Waals surface area contributed by atoms with E-state index in [4.69, 9.17) is 27.9 Å². The van der Waals surface area contributed by atoms with Gasteiger partial charge in [-0.3, -0.25) is 9.36 Å². The van der Waals surface area contributed by atoms with Crippen LogP contribution in [0.1, 0.15) is 50.4 Å². The lowest BCUT2D eigenvalue weighted by atomic mass is 9.81. The summed E-state index contributed by atoms with van der Waals surface area (Å²) in [5, 5.41) is 10.5. The Morgan fingerprint density at radius 1 is 1.06 bits per heavy atom. The van der Waals surface area contributed by atoms with Gasteiger partial charge in [-0.05, 0) is 73.9 Å². The van der Waals surface area contributed by atoms with Crippen molar-refractivity contribution in [1.29, 1.82) is 0 Å². The van der Waals surface area contributed by atoms with Gasteiger partial charge in [0.1, 0.15) is 23.4 Å². The zero-order valence-electron chi connectivity index (χ0n) is 29.6. The predicted molar refractivity (Wildman–Crippen MR) is 198 cm³/mol. The first-order chi connectivity index (χ1) is 23.8. The molecule has 0 aliphatic carbocycles. The summed E-state index contributed by atoms with van der Waals surface area (Å²) < 4.78 is 66.1. The number of halogens is 4. The van der Waals surface area contributed by atoms with Gasteiger partial charge < -0.3 is 14.3 Å². The number of quaternary nitrogens is 1. The van der Waals surface area contributed by atoms with Gasteiger partial charge in [-0.2, -0.15) is 4.31 Å². The van der Waals surface area contributed by atoms with Crippen LogP contribution in [-0.4, -0.2) is 85.2 Å². The molecule has 0 amide bonds. The first-order valence-corrected chi connectivity index (χ1v) is 19.3. The fraction of sp³-hybridized carbons (Fsp3) is 0.389. The van der Waals surface area contributed by atoms with Crippen molar-refractivity contribution in [3.63, 3.8) is 0 Å². The van der Waals surface area contributed by atoms with Gasteiger partial charge in [0.05, 0.1) is 56.6 Å². The van der Waals surface area contributed by atoms with Crippen LogP contribution in [0.25, 0.3) is 5.69 Å². The summed E-state index contributed by atoms with van der Waals surface area (Å²) in [6.45, 7) is 5.98. The number of carbonyl (C=O) groups is 1. The molecular weight excluding hydrogens is 741 g/mol. The van der Waals surface area contributed by atoms with Crippen molar-refractivity contribution in [2.75, 3.05) is 41.3 Å². The number of nitrogens with zero attached hydrogens (tertiary/aromatic N) is 4. The summed E-state index contributed by atoms with van der Waals surface area (Å²) in [5.41, 5.74) is 1.60. The van der Waals surface area contributed by atoms with E-state index in [2.05, 4.69) is 4.98 Å². The first kappa shape index (κ1) is 40.6. The van der Waals surface area contributed by atoms with Gasteiger partial charge in [0.2, 0.25) is 10.0 Å². The summed E-state index contributed by atoms with van der Waals surface area (Å²) in [6, 6.07) is 12.0. The van der Waals surface area contributed by atoms with E-state index in [-0.39, 0.29) is 22.9 Å². The summed E-state index contributed by atoms with van der Waals surface area (Å²) >= 11 is 14.0. The van der Waals surface area contributed by atoms with Crippen LogP contribution in [0.4, 0.5) is 8.78 Å². The standard InChI is InChI=1S/C36H42Cl2F2N4O5S2/c1-23(34(45)46)42(16-8-9-17-44(4,5)6)51(47,48)27-19-30(38)28(31(40)20-27)22-50-35-41-21-33(43(35)26-13-11-25(39)12-14-26)36(2,3)24-10-15-29(37)32(18-24)49-7/h10-15,18-21,23H,8-9,16-17,22H2,1-7H3/p+1. The number of hydrogen-bond donors (Lipinski definition) is 1. The Morgan fingerprint density at radius 3 is 2.31 bits per heavy atom. The van der Waals surface area contributed by atoms with E-state index in [1.54, 1.807) is 24.4 Å². The first-order valence-electron chi connectivity index (χ1n) is 16.1. The molecule has 51 heavy (non-hydrogen) atoms. The molecule has 1 N–H and O–H groups in total. The summed E-state index contributed by atoms with van der Waals surface area (Å²) in [7, 11) is 3.12. The van der Waals surface area contributed by atoms with E-state index in [9.17, 15) is 22.7 Å². The van der Waals surface area contributed by atoms with Crippen molar-refractivity contribution in [2.24, 2.45) is 0 Å². The highest BCUT2D eigenvalue weighted by atomic mass is 35.5. The van der Waals surface area contributed by atoms with Crippen molar-refractivity contribution in [1.82, 2.24) is 13.9 Å². The molecule has 0 saturated heterocycles. The van der Waals surface area contributed by atoms with Gasteiger partial charge in [0, 0.05) is 34.0 Å². The minimum absolute atomic E-state index is 0.0296. The van der Waals surface area contributed by atoms with Crippen molar-refractivity contribution < 1.29 is 36.3 Å². The highest BCUT2D eigenvalue weighted by Crippen LogP contribution is 2.40. The van der Waals surface area contributed by atoms with Crippen molar-refractivity contribution in [3.8, 4) is 11.4 Å². The normalized spacial score (nSPS) is 13.1. The monoisotopic (exact) mass is 783 g/mol. The van der Waals surface area contributed by atoms with Crippen LogP contribution >= 0.6 is 35.0 Å². The lowest BCUT2D eigenvalue weighted by molar-refractivity contribution is -0.870. The molecule has 1 atom stereocenters. The third kappa shape index (κ3) is 9.43. The Morgan fingerprint density at radius 2 is 1.73 bits per heavy atom. The third-order valence-electron chi connectivity index (χ3n) is 8.64. The van der Waals surface area contributed by atoms with Crippen LogP contribution in [0.5, 0.6) is 5.75 Å². The van der Waals surface area contributed by atoms with Gasteiger partial charge in [-0.15, -0.1) is 0 Å². The van der Waals surface area contributed by atoms with E-state index in [0.717, 1.165) is 46.0 Å². The molecule has 1 heterocycles. The molecule has 0 saturated carbocycles. The second-order valence-corrected chi connectivity index (χ2v) is 17.4. The average molecular weight is 785 g/mol. The van der Waals surface area contributed by atoms with Crippen molar-refractivity contribution in [3.05, 3.63) is 99.3 Å². The van der Waals surface area contributed by atoms with Gasteiger partial charge >= 0.3 is 5.97 Å². The molecule has 0 radical (unpaired) electrons. The summed E-state index contributed by atoms with van der Waals surface area (Å²) in [5.74, 6) is -2.13. The Labute approximate surface area is 312 Å². The fourth-order valence-corrected chi connectivity index (χ4v) is 8.86. The molecule has 15 heteroatoms. The van der Waals surface area contributed by atoms with Crippen LogP contribution in [0.3, 0.4) is 0 Å². The number of sulfonamides is 1. The molecule has 0 aliphatic rings. The lowest BCUT2D eigenvalue weighted by Crippen LogP contribution is -2.44. The number of aromatic nitrogens is 2. The van der Waals surface area contributed by atoms with Crippen LogP contribution in [0.2, 0.25) is 10.0 Å². The predicted octanol–water partition coefficient (Wildman–Crippen LogP) is 8.03. The number of methoxy groups -OCH3 is 1. The minimum atomic E-state index is -4.43. The van der Waals surface area contributed by atoms with Gasteiger partial charge in [-0.1, -0.05) is 54.9 Å². The maximum absolute atomic E-state index is 15.8. The zero-order valence-corrected chi connectivity index (χ0v) is 32.7. The maximum Gasteiger partial charge on any atom is 0.321 e. The molecular formula is C36H43Cl2F2N4O5S2+. The number of aliphatic carboxylic acids is 1. The van der Waals surface area contributed by atoms with Gasteiger partial charge in [0.15, 0.2) is 5.16 Å². The minimum Gasteiger partial charge on any atom is -0.495 e. The molecule has 4 rings (SSSR count). The van der Waals surface area contributed by atoms with Gasteiger partial charge in [-0.25, -0.2) is 22.2 Å². The van der Waals surface area contributed by atoms with Gasteiger partial charge in [0.25, 0.3) is 0 Å². The maximum atomic E-state index is 15.8. The molecule has 0 aliphatic heterocycles. The number of ether oxygens (including phenoxy) is 1. The third-order valence-corrected chi connectivity index (χ3v) is 12.2. The van der Waals surface area contributed by atoms with Crippen LogP contribution in [-0.2, 0) is 26.0 Å². The summed E-state index contributed by atoms with van der Waals surface area (Å²) in [6.07, 6.45) is 2.77. The Hall–Kier alpha value is -3.20. The van der Waals surface area contributed by atoms with Crippen molar-refractivity contribution >= 4 is 51.0 Å². The van der Waals surface area contributed by atoms with E-state index in [1.165, 1.54) is 26.2 Å². The lowest BCUT2D eigenvalue weighted by Gasteiger charge is -2.28. The SMILES string of the molecule is COc1cc(C(C)(C)c2cnc(SCc3c(F)cc(S(=O)(=O)N(CCCC[N+](C)(C)C)C(C)C(=O)O)cc3Cl)n2-c2ccc(F)cc2)ccc1Cl. The number of imidazole rings is 1. The second-order valence-electron chi connectivity index (χ2n) is 13.7. The van der Waals surface area contributed by atoms with Crippen LogP contribution < -0.4 is 4.74 Å². The fourth-order valence-electron chi connectivity index (χ4n) is 5.55. The molecule has 0 spiro atoms. The average Bonchev–Trinajstić information content (AvgIpc) is 3.48. The quantitative estimate of drug-likeness (QED) is 0.0698. The number of thioether (sulfide) groups is 1. The second kappa shape index (κ2) is 16.2. The highest BCUT2D eigenvalue weighted by Gasteiger charge is 2.34. The molecule has 1 unspecified atom stereocenters. The van der Waals surface area contributed by atoms with E-state index in [0.29, 0.717) is 38.9 Å². The van der Waals surface area contributed by atoms with Crippen LogP contribution in [0.15, 0.2) is 70.8 Å². The largest absolute Gasteiger partial charge is 0.495 e. The molecule has 1 aromatic heterocycles. The Bertz CT molecular complexity index is 1960. The molecule has 276 valence electrons. The Balaban J connectivity index is 1.67. The molecule has 4 aromatic rings. The van der Waals surface area contributed by atoms with E-state index < -0.39 is 44.0 Å². The summed E-state index contributed by atoms with van der Waals surface area (Å²) in [4.78, 5) is 16.1. The number of carboxylic acids is 1. The topological polar surface area (TPSA) is 102 Å². The number of hydrogen-bond acceptors (Lipinski definition) is 6. The number of benzene rings is 3. The number of unbranched alkanes of at least 4 members (excludes halogenated alkanes) is 1. The molecule has 9 nitrogen and oxygen atoms in total. The van der Waals surface area contributed by atoms with E-state index >= 15 is 4.39 Å². The van der Waals surface area contributed by atoms with Crippen LogP contribution in [0, 0.1) is 11.6 Å². The van der Waals surface area contributed by atoms with E-state index in [1.807, 2.05) is 51.7 Å².